The largest absolute Gasteiger partial charge is 0.505 e. The van der Waals surface area contributed by atoms with Crippen molar-refractivity contribution in [1.82, 2.24) is 0 Å². The molecule has 0 heterocycles. The lowest BCUT2D eigenvalue weighted by molar-refractivity contribution is -0.388. The zero-order valence-corrected chi connectivity index (χ0v) is 20.9. The number of amides is 1. The second-order valence-electron chi connectivity index (χ2n) is 8.73. The van der Waals surface area contributed by atoms with E-state index in [0.29, 0.717) is 18.4 Å². The van der Waals surface area contributed by atoms with Crippen LogP contribution in [0.1, 0.15) is 56.2 Å². The Hall–Kier alpha value is -4.67. The van der Waals surface area contributed by atoms with E-state index >= 15 is 4.39 Å². The summed E-state index contributed by atoms with van der Waals surface area (Å²) in [7, 11) is 2.44. The van der Waals surface area contributed by atoms with Crippen LogP contribution in [-0.4, -0.2) is 36.1 Å². The molecule has 3 aromatic rings. The fourth-order valence-electron chi connectivity index (χ4n) is 4.11. The summed E-state index contributed by atoms with van der Waals surface area (Å²) in [4.78, 5) is 36.4. The molecule has 0 aliphatic heterocycles. The number of ether oxygens (including phenoxy) is 3. The Kier molecular flexibility index (Phi) is 7.47. The Morgan fingerprint density at radius 2 is 1.84 bits per heavy atom. The molecule has 0 bridgehead atoms. The summed E-state index contributed by atoms with van der Waals surface area (Å²) < 4.78 is 31.2. The monoisotopic (exact) mass is 524 g/mol. The number of halogens is 1. The van der Waals surface area contributed by atoms with Gasteiger partial charge in [0, 0.05) is 11.1 Å². The fourth-order valence-corrected chi connectivity index (χ4v) is 4.11. The van der Waals surface area contributed by atoms with Gasteiger partial charge in [-0.1, -0.05) is 30.3 Å². The molecule has 1 saturated carbocycles. The number of aromatic hydroxyl groups is 1. The molecule has 0 unspecified atom stereocenters. The topological polar surface area (TPSA) is 137 Å². The Morgan fingerprint density at radius 1 is 1.16 bits per heavy atom. The van der Waals surface area contributed by atoms with Gasteiger partial charge in [0.05, 0.1) is 30.4 Å². The fraction of sp³-hybridized carbons (Fsp3) is 0.259. The van der Waals surface area contributed by atoms with Gasteiger partial charge in [-0.2, -0.15) is 4.39 Å². The number of hydrogen-bond donors (Lipinski definition) is 2. The summed E-state index contributed by atoms with van der Waals surface area (Å²) in [5.41, 5.74) is -0.748. The average molecular weight is 525 g/mol. The maximum Gasteiger partial charge on any atom is 0.347 e. The van der Waals surface area contributed by atoms with Gasteiger partial charge in [0.1, 0.15) is 17.9 Å². The van der Waals surface area contributed by atoms with Crippen LogP contribution in [0.5, 0.6) is 17.2 Å². The quantitative estimate of drug-likeness (QED) is 0.168. The average Bonchev–Trinajstić information content (AvgIpc) is 3.75. The zero-order chi connectivity index (χ0) is 27.6. The van der Waals surface area contributed by atoms with Crippen molar-refractivity contribution in [2.45, 2.75) is 32.3 Å². The molecule has 1 aliphatic rings. The highest BCUT2D eigenvalue weighted by Gasteiger charge is 2.37. The van der Waals surface area contributed by atoms with Crippen LogP contribution in [0, 0.1) is 22.9 Å². The lowest BCUT2D eigenvalue weighted by atomic mass is 10.0. The number of nitro benzene ring substituents is 1. The number of carbonyl (C=O) groups excluding carboxylic acids is 2. The predicted molar refractivity (Wildman–Crippen MR) is 134 cm³/mol. The number of carbonyl (C=O) groups is 2. The second kappa shape index (κ2) is 10.8. The molecule has 0 aromatic heterocycles. The highest BCUT2D eigenvalue weighted by Crippen LogP contribution is 2.49. The van der Waals surface area contributed by atoms with Gasteiger partial charge in [-0.3, -0.25) is 14.9 Å². The standard InChI is InChI=1S/C27H25FN2O8/c1-14-20(36-2)12-19(27(33)37-3)24(31)22(14)29-26(32)18-11-17(16-9-10-16)25(23(21(18)28)30(34)35)38-13-15-7-5-4-6-8-15/h4-8,11-12,16,31H,9-10,13H2,1-3H3,(H,29,32). The number of methoxy groups -OCH3 is 2. The molecule has 0 spiro atoms. The van der Waals surface area contributed by atoms with Crippen LogP contribution < -0.4 is 14.8 Å². The highest BCUT2D eigenvalue weighted by atomic mass is 19.1. The maximum atomic E-state index is 15.6. The Balaban J connectivity index is 1.77. The van der Waals surface area contributed by atoms with E-state index < -0.39 is 39.6 Å². The number of anilines is 1. The van der Waals surface area contributed by atoms with Gasteiger partial charge in [-0.05, 0) is 43.4 Å². The molecule has 4 rings (SSSR count). The summed E-state index contributed by atoms with van der Waals surface area (Å²) in [5.74, 6) is -4.17. The van der Waals surface area contributed by atoms with Gasteiger partial charge in [-0.15, -0.1) is 0 Å². The molecule has 1 fully saturated rings. The third-order valence-electron chi connectivity index (χ3n) is 6.27. The zero-order valence-electron chi connectivity index (χ0n) is 20.9. The van der Waals surface area contributed by atoms with E-state index in [0.717, 1.165) is 12.7 Å². The van der Waals surface area contributed by atoms with Crippen LogP contribution in [-0.2, 0) is 11.3 Å². The number of esters is 1. The smallest absolute Gasteiger partial charge is 0.347 e. The summed E-state index contributed by atoms with van der Waals surface area (Å²) in [6.45, 7) is 1.48. The number of rotatable bonds is 9. The first-order chi connectivity index (χ1) is 18.2. The van der Waals surface area contributed by atoms with E-state index in [1.54, 1.807) is 24.3 Å². The first-order valence-corrected chi connectivity index (χ1v) is 11.7. The molecule has 38 heavy (non-hydrogen) atoms. The molecular formula is C27H25FN2O8. The van der Waals surface area contributed by atoms with E-state index in [1.165, 1.54) is 26.2 Å². The number of phenols is 1. The first-order valence-electron chi connectivity index (χ1n) is 11.7. The molecule has 198 valence electrons. The minimum atomic E-state index is -1.38. The van der Waals surface area contributed by atoms with E-state index in [1.807, 2.05) is 6.07 Å². The van der Waals surface area contributed by atoms with Crippen molar-refractivity contribution in [3.8, 4) is 17.2 Å². The molecule has 0 radical (unpaired) electrons. The van der Waals surface area contributed by atoms with Crippen LogP contribution in [0.3, 0.4) is 0 Å². The molecule has 1 aliphatic carbocycles. The van der Waals surface area contributed by atoms with E-state index in [4.69, 9.17) is 9.47 Å². The number of hydrogen-bond acceptors (Lipinski definition) is 8. The van der Waals surface area contributed by atoms with E-state index in [2.05, 4.69) is 10.1 Å². The van der Waals surface area contributed by atoms with Gasteiger partial charge >= 0.3 is 11.7 Å². The molecule has 0 atom stereocenters. The minimum Gasteiger partial charge on any atom is -0.505 e. The van der Waals surface area contributed by atoms with Crippen molar-refractivity contribution in [2.75, 3.05) is 19.5 Å². The van der Waals surface area contributed by atoms with Crippen LogP contribution in [0.2, 0.25) is 0 Å². The molecular weight excluding hydrogens is 499 g/mol. The van der Waals surface area contributed by atoms with Crippen molar-refractivity contribution in [2.24, 2.45) is 0 Å². The van der Waals surface area contributed by atoms with E-state index in [-0.39, 0.29) is 40.8 Å². The van der Waals surface area contributed by atoms with Gasteiger partial charge in [-0.25, -0.2) is 4.79 Å². The summed E-state index contributed by atoms with van der Waals surface area (Å²) in [5, 5.41) is 25.0. The van der Waals surface area contributed by atoms with Crippen molar-refractivity contribution in [1.29, 1.82) is 0 Å². The third-order valence-corrected chi connectivity index (χ3v) is 6.27. The van der Waals surface area contributed by atoms with Gasteiger partial charge in [0.15, 0.2) is 5.75 Å². The lowest BCUT2D eigenvalue weighted by Crippen LogP contribution is -2.18. The minimum absolute atomic E-state index is 0.0282. The lowest BCUT2D eigenvalue weighted by Gasteiger charge is -2.18. The normalized spacial score (nSPS) is 12.5. The number of nitrogens with one attached hydrogen (secondary N) is 1. The number of nitrogens with zero attached hydrogens (tertiary/aromatic N) is 1. The number of nitro groups is 1. The third kappa shape index (κ3) is 5.08. The Labute approximate surface area is 217 Å². The second-order valence-corrected chi connectivity index (χ2v) is 8.73. The first kappa shape index (κ1) is 26.4. The van der Waals surface area contributed by atoms with Crippen LogP contribution >= 0.6 is 0 Å². The Bertz CT molecular complexity index is 1420. The number of benzene rings is 3. The maximum absolute atomic E-state index is 15.6. The predicted octanol–water partition coefficient (Wildman–Crippen LogP) is 5.25. The SMILES string of the molecule is COC(=O)c1cc(OC)c(C)c(NC(=O)c2cc(C3CC3)c(OCc3ccccc3)c([N+](=O)[O-])c2F)c1O. The van der Waals surface area contributed by atoms with E-state index in [9.17, 15) is 24.8 Å². The summed E-state index contributed by atoms with van der Waals surface area (Å²) in [6, 6.07) is 11.4. The molecule has 11 heteroatoms. The van der Waals surface area contributed by atoms with Crippen LogP contribution in [0.15, 0.2) is 42.5 Å². The molecule has 3 aromatic carbocycles. The highest BCUT2D eigenvalue weighted by molar-refractivity contribution is 6.08. The van der Waals surface area contributed by atoms with Crippen molar-refractivity contribution >= 4 is 23.3 Å². The number of phenolic OH excluding ortho intramolecular Hbond substituents is 1. The summed E-state index contributed by atoms with van der Waals surface area (Å²) >= 11 is 0. The van der Waals surface area contributed by atoms with Gasteiger partial charge in [0.25, 0.3) is 5.91 Å². The molecule has 10 nitrogen and oxygen atoms in total. The van der Waals surface area contributed by atoms with Gasteiger partial charge < -0.3 is 24.6 Å². The van der Waals surface area contributed by atoms with Crippen LogP contribution in [0.25, 0.3) is 0 Å². The molecule has 2 N–H and O–H groups in total. The molecule has 0 saturated heterocycles. The van der Waals surface area contributed by atoms with Crippen LogP contribution in [0.4, 0.5) is 15.8 Å². The van der Waals surface area contributed by atoms with Crippen molar-refractivity contribution in [3.63, 3.8) is 0 Å². The molecule has 1 amide bonds. The van der Waals surface area contributed by atoms with Gasteiger partial charge in [0.2, 0.25) is 11.6 Å². The Morgan fingerprint density at radius 3 is 2.42 bits per heavy atom. The van der Waals surface area contributed by atoms with Crippen molar-refractivity contribution in [3.05, 3.63) is 86.2 Å². The summed E-state index contributed by atoms with van der Waals surface area (Å²) in [6.07, 6.45) is 1.40. The van der Waals surface area contributed by atoms with Crippen molar-refractivity contribution < 1.29 is 38.2 Å².